The minimum Gasteiger partial charge on any atom is -0.355 e. The van der Waals surface area contributed by atoms with Gasteiger partial charge >= 0.3 is 0 Å². The topological polar surface area (TPSA) is 101 Å². The standard InChI is InChI=1S/C19H24N6O2/c1-12-9-23-17(11-21-12)19(27)25-6-4-14(5-7-25)8-16-15(18(26)20-3)10-22-13(2)24-16/h9-11,14H,4-8H2,1-3H3,(H,20,26). The Morgan fingerprint density at radius 2 is 1.85 bits per heavy atom. The normalized spacial score (nSPS) is 14.9. The molecule has 8 nitrogen and oxygen atoms in total. The molecule has 8 heteroatoms. The highest BCUT2D eigenvalue weighted by Gasteiger charge is 2.26. The summed E-state index contributed by atoms with van der Waals surface area (Å²) in [4.78, 5) is 43.4. The third-order valence-electron chi connectivity index (χ3n) is 4.84. The van der Waals surface area contributed by atoms with Crippen molar-refractivity contribution in [3.63, 3.8) is 0 Å². The van der Waals surface area contributed by atoms with E-state index in [0.29, 0.717) is 42.5 Å². The molecule has 1 saturated heterocycles. The molecule has 1 fully saturated rings. The van der Waals surface area contributed by atoms with Crippen LogP contribution >= 0.6 is 0 Å². The first kappa shape index (κ1) is 18.9. The van der Waals surface area contributed by atoms with Gasteiger partial charge < -0.3 is 10.2 Å². The Bertz CT molecular complexity index is 829. The van der Waals surface area contributed by atoms with E-state index in [1.807, 2.05) is 18.7 Å². The van der Waals surface area contributed by atoms with Gasteiger partial charge in [-0.1, -0.05) is 0 Å². The van der Waals surface area contributed by atoms with E-state index in [2.05, 4.69) is 25.3 Å². The van der Waals surface area contributed by atoms with Crippen LogP contribution in [0.2, 0.25) is 0 Å². The summed E-state index contributed by atoms with van der Waals surface area (Å²) in [5, 5.41) is 2.64. The number of hydrogen-bond acceptors (Lipinski definition) is 6. The summed E-state index contributed by atoms with van der Waals surface area (Å²) >= 11 is 0. The highest BCUT2D eigenvalue weighted by atomic mass is 16.2. The van der Waals surface area contributed by atoms with Crippen LogP contribution in [0.4, 0.5) is 0 Å². The second-order valence-electron chi connectivity index (χ2n) is 6.84. The molecule has 0 spiro atoms. The number of likely N-dealkylation sites (tertiary alicyclic amines) is 1. The van der Waals surface area contributed by atoms with Gasteiger partial charge in [-0.25, -0.2) is 15.0 Å². The van der Waals surface area contributed by atoms with Gasteiger partial charge in [-0.15, -0.1) is 0 Å². The molecular weight excluding hydrogens is 344 g/mol. The molecule has 0 bridgehead atoms. The van der Waals surface area contributed by atoms with Crippen LogP contribution in [0.5, 0.6) is 0 Å². The van der Waals surface area contributed by atoms with E-state index in [1.54, 1.807) is 19.4 Å². The molecule has 0 unspecified atom stereocenters. The number of amides is 2. The monoisotopic (exact) mass is 368 g/mol. The molecule has 142 valence electrons. The lowest BCUT2D eigenvalue weighted by atomic mass is 9.90. The molecule has 2 amide bonds. The van der Waals surface area contributed by atoms with Gasteiger partial charge in [0.05, 0.1) is 23.1 Å². The smallest absolute Gasteiger partial charge is 0.274 e. The van der Waals surface area contributed by atoms with Crippen molar-refractivity contribution >= 4 is 11.8 Å². The zero-order valence-corrected chi connectivity index (χ0v) is 15.9. The summed E-state index contributed by atoms with van der Waals surface area (Å²) < 4.78 is 0. The fourth-order valence-electron chi connectivity index (χ4n) is 3.28. The molecule has 0 atom stereocenters. The van der Waals surface area contributed by atoms with E-state index >= 15 is 0 Å². The van der Waals surface area contributed by atoms with Crippen molar-refractivity contribution in [1.29, 1.82) is 0 Å². The largest absolute Gasteiger partial charge is 0.355 e. The lowest BCUT2D eigenvalue weighted by Gasteiger charge is -2.31. The van der Waals surface area contributed by atoms with Gasteiger partial charge in [0.15, 0.2) is 0 Å². The predicted octanol–water partition coefficient (Wildman–Crippen LogP) is 1.34. The minimum absolute atomic E-state index is 0.0788. The van der Waals surface area contributed by atoms with Gasteiger partial charge in [-0.05, 0) is 39.0 Å². The van der Waals surface area contributed by atoms with E-state index in [1.165, 1.54) is 6.20 Å². The summed E-state index contributed by atoms with van der Waals surface area (Å²) in [6, 6.07) is 0. The van der Waals surface area contributed by atoms with Crippen molar-refractivity contribution in [3.8, 4) is 0 Å². The molecule has 1 aliphatic rings. The molecule has 27 heavy (non-hydrogen) atoms. The first-order chi connectivity index (χ1) is 13.0. The van der Waals surface area contributed by atoms with Crippen molar-refractivity contribution in [2.75, 3.05) is 20.1 Å². The Morgan fingerprint density at radius 1 is 1.11 bits per heavy atom. The summed E-state index contributed by atoms with van der Waals surface area (Å²) in [5.41, 5.74) is 2.47. The first-order valence-electron chi connectivity index (χ1n) is 9.10. The maximum absolute atomic E-state index is 12.6. The zero-order chi connectivity index (χ0) is 19.4. The average Bonchev–Trinajstić information content (AvgIpc) is 2.68. The molecule has 3 heterocycles. The van der Waals surface area contributed by atoms with Gasteiger partial charge in [0.25, 0.3) is 11.8 Å². The Balaban J connectivity index is 1.63. The summed E-state index contributed by atoms with van der Waals surface area (Å²) in [6.07, 6.45) is 7.16. The number of carbonyl (C=O) groups excluding carboxylic acids is 2. The molecule has 2 aromatic rings. The van der Waals surface area contributed by atoms with Gasteiger partial charge in [0.2, 0.25) is 0 Å². The molecular formula is C19H24N6O2. The molecule has 0 radical (unpaired) electrons. The fraction of sp³-hybridized carbons (Fsp3) is 0.474. The van der Waals surface area contributed by atoms with E-state index in [4.69, 9.17) is 0 Å². The number of nitrogens with one attached hydrogen (secondary N) is 1. The second kappa shape index (κ2) is 8.20. The Hall–Kier alpha value is -2.90. The Morgan fingerprint density at radius 3 is 2.48 bits per heavy atom. The maximum Gasteiger partial charge on any atom is 0.274 e. The zero-order valence-electron chi connectivity index (χ0n) is 15.9. The molecule has 1 aliphatic heterocycles. The van der Waals surface area contributed by atoms with Crippen molar-refractivity contribution in [3.05, 3.63) is 47.1 Å². The molecule has 3 rings (SSSR count). The molecule has 2 aromatic heterocycles. The number of rotatable bonds is 4. The highest BCUT2D eigenvalue weighted by molar-refractivity contribution is 5.94. The lowest BCUT2D eigenvalue weighted by molar-refractivity contribution is 0.0683. The molecule has 1 N–H and O–H groups in total. The quantitative estimate of drug-likeness (QED) is 0.874. The van der Waals surface area contributed by atoms with Crippen molar-refractivity contribution < 1.29 is 9.59 Å². The Kier molecular flexibility index (Phi) is 5.73. The molecule has 0 aromatic carbocycles. The van der Waals surface area contributed by atoms with Gasteiger partial charge in [-0.2, -0.15) is 0 Å². The number of nitrogens with zero attached hydrogens (tertiary/aromatic N) is 5. The predicted molar refractivity (Wildman–Crippen MR) is 99.3 cm³/mol. The van der Waals surface area contributed by atoms with E-state index in [0.717, 1.165) is 24.2 Å². The van der Waals surface area contributed by atoms with Crippen molar-refractivity contribution in [2.45, 2.75) is 33.1 Å². The summed E-state index contributed by atoms with van der Waals surface area (Å²) in [5.74, 6) is 0.777. The van der Waals surface area contributed by atoms with Crippen molar-refractivity contribution in [2.24, 2.45) is 5.92 Å². The number of carbonyl (C=O) groups is 2. The molecule has 0 saturated carbocycles. The average molecular weight is 368 g/mol. The third kappa shape index (κ3) is 4.45. The van der Waals surface area contributed by atoms with Gasteiger partial charge in [0.1, 0.15) is 11.5 Å². The molecule has 0 aliphatic carbocycles. The van der Waals surface area contributed by atoms with Crippen LogP contribution in [0.25, 0.3) is 0 Å². The summed E-state index contributed by atoms with van der Waals surface area (Å²) in [7, 11) is 1.60. The van der Waals surface area contributed by atoms with E-state index in [9.17, 15) is 9.59 Å². The first-order valence-corrected chi connectivity index (χ1v) is 9.10. The van der Waals surface area contributed by atoms with Gasteiger partial charge in [-0.3, -0.25) is 14.6 Å². The van der Waals surface area contributed by atoms with Crippen LogP contribution in [0.1, 0.15) is 50.9 Å². The SMILES string of the molecule is CNC(=O)c1cnc(C)nc1CC1CCN(C(=O)c2cnc(C)cn2)CC1. The second-order valence-corrected chi connectivity index (χ2v) is 6.84. The van der Waals surface area contributed by atoms with E-state index in [-0.39, 0.29) is 11.8 Å². The maximum atomic E-state index is 12.6. The van der Waals surface area contributed by atoms with Crippen molar-refractivity contribution in [1.82, 2.24) is 30.2 Å². The number of hydrogen-bond donors (Lipinski definition) is 1. The van der Waals surface area contributed by atoms with Crippen LogP contribution < -0.4 is 5.32 Å². The minimum atomic E-state index is -0.171. The van der Waals surface area contributed by atoms with Crippen LogP contribution in [-0.4, -0.2) is 56.8 Å². The third-order valence-corrected chi connectivity index (χ3v) is 4.84. The highest BCUT2D eigenvalue weighted by Crippen LogP contribution is 2.23. The van der Waals surface area contributed by atoms with Crippen LogP contribution in [0, 0.1) is 19.8 Å². The van der Waals surface area contributed by atoms with Crippen LogP contribution in [-0.2, 0) is 6.42 Å². The number of aromatic nitrogens is 4. The van der Waals surface area contributed by atoms with Gasteiger partial charge in [0, 0.05) is 32.5 Å². The summed E-state index contributed by atoms with van der Waals surface area (Å²) in [6.45, 7) is 4.99. The van der Waals surface area contributed by atoms with E-state index < -0.39 is 0 Å². The van der Waals surface area contributed by atoms with Crippen LogP contribution in [0.15, 0.2) is 18.6 Å². The van der Waals surface area contributed by atoms with Crippen LogP contribution in [0.3, 0.4) is 0 Å². The number of aryl methyl sites for hydroxylation is 2. The Labute approximate surface area is 158 Å². The fourth-order valence-corrected chi connectivity index (χ4v) is 3.28. The number of piperidine rings is 1. The lowest BCUT2D eigenvalue weighted by Crippen LogP contribution is -2.39.